The van der Waals surface area contributed by atoms with Crippen molar-refractivity contribution < 1.29 is 9.53 Å². The van der Waals surface area contributed by atoms with E-state index in [4.69, 9.17) is 10.5 Å². The van der Waals surface area contributed by atoms with Crippen LogP contribution in [0.2, 0.25) is 0 Å². The molecule has 5 heteroatoms. The molecule has 2 aromatic carbocycles. The van der Waals surface area contributed by atoms with Gasteiger partial charge >= 0.3 is 0 Å². The standard InChI is InChI=1S/C19H21N3O2/c1-12-10-15-6-9-17(24-3)11-18(15)19(21-22(12)13(2)23)14-4-7-16(20)8-5-14/h4-9,11-12H,10,20H2,1-3H3. The molecular weight excluding hydrogens is 302 g/mol. The molecule has 124 valence electrons. The first-order chi connectivity index (χ1) is 11.5. The molecule has 0 bridgehead atoms. The molecule has 1 heterocycles. The zero-order valence-corrected chi connectivity index (χ0v) is 14.1. The normalized spacial score (nSPS) is 16.9. The fourth-order valence-corrected chi connectivity index (χ4v) is 2.98. The molecule has 0 fully saturated rings. The van der Waals surface area contributed by atoms with Crippen molar-refractivity contribution in [1.82, 2.24) is 5.01 Å². The van der Waals surface area contributed by atoms with Crippen LogP contribution < -0.4 is 10.5 Å². The van der Waals surface area contributed by atoms with E-state index < -0.39 is 0 Å². The number of amides is 1. The summed E-state index contributed by atoms with van der Waals surface area (Å²) >= 11 is 0. The van der Waals surface area contributed by atoms with E-state index in [9.17, 15) is 4.79 Å². The first-order valence-electron chi connectivity index (χ1n) is 7.91. The zero-order valence-electron chi connectivity index (χ0n) is 14.1. The third-order valence-electron chi connectivity index (χ3n) is 4.22. The minimum absolute atomic E-state index is 0.0130. The fourth-order valence-electron chi connectivity index (χ4n) is 2.98. The Bertz CT molecular complexity index is 797. The topological polar surface area (TPSA) is 67.9 Å². The van der Waals surface area contributed by atoms with Crippen molar-refractivity contribution in [3.63, 3.8) is 0 Å². The number of hydrogen-bond donors (Lipinski definition) is 1. The number of nitrogens with two attached hydrogens (primary N) is 1. The summed E-state index contributed by atoms with van der Waals surface area (Å²) in [6.45, 7) is 3.54. The molecule has 0 spiro atoms. The lowest BCUT2D eigenvalue weighted by molar-refractivity contribution is -0.130. The van der Waals surface area contributed by atoms with Crippen LogP contribution in [0.1, 0.15) is 30.5 Å². The van der Waals surface area contributed by atoms with Crippen LogP contribution in [0.3, 0.4) is 0 Å². The molecule has 1 unspecified atom stereocenters. The number of benzene rings is 2. The Morgan fingerprint density at radius 2 is 1.96 bits per heavy atom. The molecule has 3 rings (SSSR count). The van der Waals surface area contributed by atoms with Gasteiger partial charge in [0, 0.05) is 23.7 Å². The maximum Gasteiger partial charge on any atom is 0.239 e. The SMILES string of the molecule is COc1ccc2c(c1)C(c1ccc(N)cc1)=NN(C(C)=O)C(C)C2. The van der Waals surface area contributed by atoms with E-state index in [1.54, 1.807) is 12.1 Å². The molecule has 1 atom stereocenters. The Morgan fingerprint density at radius 3 is 2.58 bits per heavy atom. The van der Waals surface area contributed by atoms with Gasteiger partial charge in [0.05, 0.1) is 18.9 Å². The van der Waals surface area contributed by atoms with E-state index in [1.807, 2.05) is 49.4 Å². The maximum atomic E-state index is 12.0. The molecular formula is C19H21N3O2. The molecule has 0 aromatic heterocycles. The van der Waals surface area contributed by atoms with Gasteiger partial charge in [-0.3, -0.25) is 4.79 Å². The summed E-state index contributed by atoms with van der Waals surface area (Å²) in [7, 11) is 1.64. The van der Waals surface area contributed by atoms with Crippen LogP contribution in [0.15, 0.2) is 47.6 Å². The minimum Gasteiger partial charge on any atom is -0.497 e. The molecule has 1 aliphatic heterocycles. The molecule has 0 aliphatic carbocycles. The number of nitrogens with zero attached hydrogens (tertiary/aromatic N) is 2. The van der Waals surface area contributed by atoms with Gasteiger partial charge in [-0.15, -0.1) is 0 Å². The van der Waals surface area contributed by atoms with Gasteiger partial charge in [0.1, 0.15) is 5.75 Å². The van der Waals surface area contributed by atoms with Crippen LogP contribution in [0, 0.1) is 0 Å². The quantitative estimate of drug-likeness (QED) is 0.864. The van der Waals surface area contributed by atoms with Gasteiger partial charge in [-0.2, -0.15) is 5.10 Å². The molecule has 0 saturated carbocycles. The summed E-state index contributed by atoms with van der Waals surface area (Å²) in [5.41, 5.74) is 10.3. The molecule has 0 saturated heterocycles. The fraction of sp³-hybridized carbons (Fsp3) is 0.263. The second-order valence-electron chi connectivity index (χ2n) is 6.01. The van der Waals surface area contributed by atoms with Crippen LogP contribution >= 0.6 is 0 Å². The summed E-state index contributed by atoms with van der Waals surface area (Å²) in [4.78, 5) is 12.0. The number of fused-ring (bicyclic) bond motifs is 1. The number of anilines is 1. The van der Waals surface area contributed by atoms with Gasteiger partial charge < -0.3 is 10.5 Å². The second-order valence-corrected chi connectivity index (χ2v) is 6.01. The van der Waals surface area contributed by atoms with Crippen LogP contribution in [-0.2, 0) is 11.2 Å². The molecule has 5 nitrogen and oxygen atoms in total. The number of rotatable bonds is 2. The third kappa shape index (κ3) is 2.97. The maximum absolute atomic E-state index is 12.0. The highest BCUT2D eigenvalue weighted by atomic mass is 16.5. The average molecular weight is 323 g/mol. The number of nitrogen functional groups attached to an aromatic ring is 1. The lowest BCUT2D eigenvalue weighted by atomic mass is 9.94. The summed E-state index contributed by atoms with van der Waals surface area (Å²) < 4.78 is 5.37. The Balaban J connectivity index is 2.21. The van der Waals surface area contributed by atoms with E-state index in [2.05, 4.69) is 5.10 Å². The van der Waals surface area contributed by atoms with Crippen LogP contribution in [-0.4, -0.2) is 29.8 Å². The lowest BCUT2D eigenvalue weighted by Gasteiger charge is -2.21. The van der Waals surface area contributed by atoms with Crippen LogP contribution in [0.5, 0.6) is 5.75 Å². The van der Waals surface area contributed by atoms with Crippen molar-refractivity contribution in [3.8, 4) is 5.75 Å². The van der Waals surface area contributed by atoms with E-state index in [1.165, 1.54) is 6.92 Å². The molecule has 1 amide bonds. The number of hydrazone groups is 1. The highest BCUT2D eigenvalue weighted by Crippen LogP contribution is 2.27. The van der Waals surface area contributed by atoms with Crippen molar-refractivity contribution in [3.05, 3.63) is 59.2 Å². The van der Waals surface area contributed by atoms with Crippen LogP contribution in [0.4, 0.5) is 5.69 Å². The van der Waals surface area contributed by atoms with Crippen molar-refractivity contribution >= 4 is 17.3 Å². The van der Waals surface area contributed by atoms with Crippen molar-refractivity contribution in [2.24, 2.45) is 5.10 Å². The van der Waals surface area contributed by atoms with Gasteiger partial charge in [-0.25, -0.2) is 5.01 Å². The Morgan fingerprint density at radius 1 is 1.25 bits per heavy atom. The van der Waals surface area contributed by atoms with Crippen molar-refractivity contribution in [1.29, 1.82) is 0 Å². The van der Waals surface area contributed by atoms with Gasteiger partial charge in [0.2, 0.25) is 5.91 Å². The summed E-state index contributed by atoms with van der Waals surface area (Å²) in [6, 6.07) is 13.5. The first kappa shape index (κ1) is 16.1. The number of carbonyl (C=O) groups is 1. The highest BCUT2D eigenvalue weighted by molar-refractivity contribution is 6.14. The van der Waals surface area contributed by atoms with E-state index in [0.717, 1.165) is 34.6 Å². The molecule has 2 N–H and O–H groups in total. The number of methoxy groups -OCH3 is 1. The largest absolute Gasteiger partial charge is 0.497 e. The smallest absolute Gasteiger partial charge is 0.239 e. The van der Waals surface area contributed by atoms with E-state index in [-0.39, 0.29) is 11.9 Å². The minimum atomic E-state index is -0.0739. The van der Waals surface area contributed by atoms with Gasteiger partial charge in [0.25, 0.3) is 0 Å². The predicted molar refractivity (Wildman–Crippen MR) is 95.2 cm³/mol. The average Bonchev–Trinajstić information content (AvgIpc) is 2.71. The van der Waals surface area contributed by atoms with Gasteiger partial charge in [-0.1, -0.05) is 18.2 Å². The van der Waals surface area contributed by atoms with Crippen molar-refractivity contribution in [2.75, 3.05) is 12.8 Å². The summed E-state index contributed by atoms with van der Waals surface area (Å²) in [6.07, 6.45) is 0.737. The molecule has 0 radical (unpaired) electrons. The Hall–Kier alpha value is -2.82. The Kier molecular flexibility index (Phi) is 4.25. The van der Waals surface area contributed by atoms with Crippen molar-refractivity contribution in [2.45, 2.75) is 26.3 Å². The van der Waals surface area contributed by atoms with E-state index in [0.29, 0.717) is 5.69 Å². The number of carbonyl (C=O) groups excluding carboxylic acids is 1. The molecule has 24 heavy (non-hydrogen) atoms. The molecule has 1 aliphatic rings. The summed E-state index contributed by atoms with van der Waals surface area (Å²) in [5.74, 6) is 0.691. The zero-order chi connectivity index (χ0) is 17.3. The number of ether oxygens (including phenoxy) is 1. The first-order valence-corrected chi connectivity index (χ1v) is 7.91. The third-order valence-corrected chi connectivity index (χ3v) is 4.22. The van der Waals surface area contributed by atoms with Gasteiger partial charge in [0.15, 0.2) is 0 Å². The Labute approximate surface area is 141 Å². The molecule has 2 aromatic rings. The summed E-state index contributed by atoms with van der Waals surface area (Å²) in [5, 5.41) is 6.23. The predicted octanol–water partition coefficient (Wildman–Crippen LogP) is 2.82. The number of hydrogen-bond acceptors (Lipinski definition) is 4. The monoisotopic (exact) mass is 323 g/mol. The van der Waals surface area contributed by atoms with Gasteiger partial charge in [-0.05, 0) is 43.2 Å². The van der Waals surface area contributed by atoms with Crippen LogP contribution in [0.25, 0.3) is 0 Å². The second kappa shape index (κ2) is 6.35. The van der Waals surface area contributed by atoms with E-state index >= 15 is 0 Å². The highest BCUT2D eigenvalue weighted by Gasteiger charge is 2.25. The lowest BCUT2D eigenvalue weighted by Crippen LogP contribution is -2.33.